The van der Waals surface area contributed by atoms with Crippen molar-refractivity contribution >= 4 is 11.7 Å². The third kappa shape index (κ3) is 4.03. The minimum atomic E-state index is -4.72. The van der Waals surface area contributed by atoms with Gasteiger partial charge in [0, 0.05) is 12.1 Å². The average Bonchev–Trinajstić information content (AvgIpc) is 2.54. The lowest BCUT2D eigenvalue weighted by Gasteiger charge is -2.36. The van der Waals surface area contributed by atoms with Crippen LogP contribution in [0.4, 0.5) is 13.2 Å². The first-order valence-corrected chi connectivity index (χ1v) is 7.69. The Morgan fingerprint density at radius 1 is 1.38 bits per heavy atom. The summed E-state index contributed by atoms with van der Waals surface area (Å²) in [4.78, 5) is 25.9. The summed E-state index contributed by atoms with van der Waals surface area (Å²) in [6.07, 6.45) is -7.95. The highest BCUT2D eigenvalue weighted by molar-refractivity contribution is 6.14. The van der Waals surface area contributed by atoms with Gasteiger partial charge in [-0.25, -0.2) is 0 Å². The van der Waals surface area contributed by atoms with Crippen molar-refractivity contribution < 1.29 is 27.9 Å². The quantitative estimate of drug-likeness (QED) is 0.794. The summed E-state index contributed by atoms with van der Waals surface area (Å²) in [6, 6.07) is 6.03. The van der Waals surface area contributed by atoms with Gasteiger partial charge in [-0.15, -0.1) is 0 Å². The Hall–Kier alpha value is -2.86. The molecule has 1 aliphatic rings. The molecule has 0 fully saturated rings. The number of carbonyl (C=O) groups excluding carboxylic acids is 2. The summed E-state index contributed by atoms with van der Waals surface area (Å²) >= 11 is 0. The zero-order chi connectivity index (χ0) is 19.6. The molecular formula is C17H16F3N3O3. The summed E-state index contributed by atoms with van der Waals surface area (Å²) in [7, 11) is 0. The molecule has 26 heavy (non-hydrogen) atoms. The van der Waals surface area contributed by atoms with Gasteiger partial charge in [-0.1, -0.05) is 0 Å². The van der Waals surface area contributed by atoms with Crippen molar-refractivity contribution in [1.82, 2.24) is 10.2 Å². The summed E-state index contributed by atoms with van der Waals surface area (Å²) < 4.78 is 38.7. The molecule has 0 saturated heterocycles. The maximum absolute atomic E-state index is 12.9. The van der Waals surface area contributed by atoms with Crippen LogP contribution in [-0.4, -0.2) is 40.8 Å². The molecule has 2 rings (SSSR count). The van der Waals surface area contributed by atoms with E-state index in [9.17, 15) is 27.9 Å². The molecule has 0 radical (unpaired) electrons. The van der Waals surface area contributed by atoms with Crippen LogP contribution < -0.4 is 5.32 Å². The first kappa shape index (κ1) is 19.5. The zero-order valence-electron chi connectivity index (χ0n) is 14.0. The molecular weight excluding hydrogens is 351 g/mol. The monoisotopic (exact) mass is 367 g/mol. The highest BCUT2D eigenvalue weighted by Gasteiger charge is 2.41. The van der Waals surface area contributed by atoms with Crippen molar-refractivity contribution in [2.24, 2.45) is 0 Å². The smallest absolute Gasteiger partial charge is 0.356 e. The molecule has 6 nitrogen and oxygen atoms in total. The summed E-state index contributed by atoms with van der Waals surface area (Å²) in [5.41, 5.74) is -0.591. The fourth-order valence-electron chi connectivity index (χ4n) is 2.76. The highest BCUT2D eigenvalue weighted by Crippen LogP contribution is 2.31. The number of benzene rings is 1. The fraction of sp³-hybridized carbons (Fsp3) is 0.353. The first-order valence-electron chi connectivity index (χ1n) is 7.69. The number of hydrogen-bond donors (Lipinski definition) is 2. The lowest BCUT2D eigenvalue weighted by Crippen LogP contribution is -2.54. The Labute approximate surface area is 147 Å². The van der Waals surface area contributed by atoms with E-state index >= 15 is 0 Å². The molecule has 1 atom stereocenters. The van der Waals surface area contributed by atoms with Crippen LogP contribution in [0.5, 0.6) is 0 Å². The molecule has 1 aliphatic heterocycles. The summed E-state index contributed by atoms with van der Waals surface area (Å²) in [5, 5.41) is 21.0. The number of aliphatic hydroxyl groups is 1. The number of Topliss-reactive ketones (excluding diaryl/α,β-unsaturated/α-hetero) is 1. The number of likely N-dealkylation sites (N-methyl/N-ethyl adjacent to an activating group) is 1. The number of aliphatic hydroxyl groups excluding tert-OH is 1. The van der Waals surface area contributed by atoms with Gasteiger partial charge < -0.3 is 15.3 Å². The lowest BCUT2D eigenvalue weighted by molar-refractivity contribution is -0.140. The van der Waals surface area contributed by atoms with Crippen molar-refractivity contribution in [3.63, 3.8) is 0 Å². The number of halogens is 3. The number of rotatable bonds is 4. The fourth-order valence-corrected chi connectivity index (χ4v) is 2.76. The standard InChI is InChI=1S/C17H16F3N3O3/c1-3-23-13(12(7-17(18,19)20)15(25)22-16(23)26)14(24)11-5-9(2)4-10(6-11)8-21/h4-6,16,26H,3,7H2,1-2H3,(H,22,25). The maximum Gasteiger partial charge on any atom is 0.393 e. The second-order valence-electron chi connectivity index (χ2n) is 5.78. The van der Waals surface area contributed by atoms with E-state index in [1.54, 1.807) is 6.92 Å². The van der Waals surface area contributed by atoms with Crippen molar-refractivity contribution in [1.29, 1.82) is 5.26 Å². The van der Waals surface area contributed by atoms with Gasteiger partial charge in [-0.2, -0.15) is 18.4 Å². The molecule has 0 aliphatic carbocycles. The number of nitrogens with zero attached hydrogens (tertiary/aromatic N) is 2. The van der Waals surface area contributed by atoms with Crippen molar-refractivity contribution in [2.45, 2.75) is 32.8 Å². The van der Waals surface area contributed by atoms with E-state index < -0.39 is 41.9 Å². The van der Waals surface area contributed by atoms with E-state index in [1.807, 2.05) is 11.4 Å². The van der Waals surface area contributed by atoms with Crippen molar-refractivity contribution in [3.05, 3.63) is 46.2 Å². The number of nitrogens with one attached hydrogen (secondary N) is 1. The van der Waals surface area contributed by atoms with Crippen LogP contribution >= 0.6 is 0 Å². The Bertz CT molecular complexity index is 825. The number of aryl methyl sites for hydroxylation is 1. The van der Waals surface area contributed by atoms with Gasteiger partial charge in [0.25, 0.3) is 5.91 Å². The van der Waals surface area contributed by atoms with Crippen LogP contribution in [0, 0.1) is 18.3 Å². The van der Waals surface area contributed by atoms with E-state index in [-0.39, 0.29) is 17.7 Å². The van der Waals surface area contributed by atoms with Crippen LogP contribution in [0.2, 0.25) is 0 Å². The molecule has 1 aromatic carbocycles. The molecule has 0 saturated carbocycles. The number of hydrogen-bond acceptors (Lipinski definition) is 5. The Kier molecular flexibility index (Phi) is 5.37. The highest BCUT2D eigenvalue weighted by atomic mass is 19.4. The van der Waals surface area contributed by atoms with Crippen molar-refractivity contribution in [3.8, 4) is 6.07 Å². The van der Waals surface area contributed by atoms with E-state index in [0.717, 1.165) is 4.90 Å². The van der Waals surface area contributed by atoms with Crippen LogP contribution in [0.25, 0.3) is 0 Å². The van der Waals surface area contributed by atoms with Gasteiger partial charge in [-0.05, 0) is 37.6 Å². The van der Waals surface area contributed by atoms with E-state index in [1.165, 1.54) is 25.1 Å². The molecule has 1 unspecified atom stereocenters. The maximum atomic E-state index is 12.9. The Morgan fingerprint density at radius 2 is 2.04 bits per heavy atom. The molecule has 2 N–H and O–H groups in total. The number of carbonyl (C=O) groups is 2. The third-order valence-corrected chi connectivity index (χ3v) is 3.80. The van der Waals surface area contributed by atoms with E-state index in [2.05, 4.69) is 0 Å². The minimum absolute atomic E-state index is 0.0131. The van der Waals surface area contributed by atoms with E-state index in [4.69, 9.17) is 5.26 Å². The summed E-state index contributed by atoms with van der Waals surface area (Å²) in [5.74, 6) is -2.02. The molecule has 1 heterocycles. The van der Waals surface area contributed by atoms with Crippen LogP contribution in [0.15, 0.2) is 29.5 Å². The minimum Gasteiger partial charge on any atom is -0.356 e. The van der Waals surface area contributed by atoms with Gasteiger partial charge in [0.1, 0.15) is 0 Å². The number of nitriles is 1. The largest absolute Gasteiger partial charge is 0.393 e. The Morgan fingerprint density at radius 3 is 2.58 bits per heavy atom. The second kappa shape index (κ2) is 7.17. The number of allylic oxidation sites excluding steroid dienone is 1. The van der Waals surface area contributed by atoms with Gasteiger partial charge >= 0.3 is 6.18 Å². The van der Waals surface area contributed by atoms with Gasteiger partial charge in [0.2, 0.25) is 12.1 Å². The van der Waals surface area contributed by atoms with Crippen LogP contribution in [0.1, 0.15) is 34.8 Å². The number of amides is 1. The van der Waals surface area contributed by atoms with Crippen LogP contribution in [-0.2, 0) is 4.79 Å². The zero-order valence-corrected chi connectivity index (χ0v) is 14.0. The molecule has 1 amide bonds. The van der Waals surface area contributed by atoms with Gasteiger partial charge in [0.05, 0.1) is 29.3 Å². The molecule has 0 spiro atoms. The topological polar surface area (TPSA) is 93.4 Å². The first-order chi connectivity index (χ1) is 12.1. The van der Waals surface area contributed by atoms with Gasteiger partial charge in [0.15, 0.2) is 0 Å². The molecule has 138 valence electrons. The van der Waals surface area contributed by atoms with Gasteiger partial charge in [-0.3, -0.25) is 9.59 Å². The normalized spacial score (nSPS) is 17.8. The summed E-state index contributed by atoms with van der Waals surface area (Å²) in [6.45, 7) is 3.14. The predicted molar refractivity (Wildman–Crippen MR) is 84.5 cm³/mol. The van der Waals surface area contributed by atoms with E-state index in [0.29, 0.717) is 5.56 Å². The second-order valence-corrected chi connectivity index (χ2v) is 5.78. The molecule has 0 bridgehead atoms. The molecule has 1 aromatic rings. The third-order valence-electron chi connectivity index (χ3n) is 3.80. The predicted octanol–water partition coefficient (Wildman–Crippen LogP) is 1.98. The van der Waals surface area contributed by atoms with Crippen molar-refractivity contribution in [2.75, 3.05) is 6.54 Å². The number of alkyl halides is 3. The lowest BCUT2D eigenvalue weighted by atomic mass is 9.96. The molecule has 0 aromatic heterocycles. The molecule has 9 heteroatoms. The SMILES string of the molecule is CCN1C(C(=O)c2cc(C)cc(C#N)c2)=C(CC(F)(F)F)C(=O)NC1O. The average molecular weight is 367 g/mol. The Balaban J connectivity index is 2.66. The number of ketones is 1. The van der Waals surface area contributed by atoms with Crippen LogP contribution in [0.3, 0.4) is 0 Å².